The Morgan fingerprint density at radius 1 is 1.21 bits per heavy atom. The number of carbonyl (C=O) groups excluding carboxylic acids is 1. The fourth-order valence-electron chi connectivity index (χ4n) is 3.18. The summed E-state index contributed by atoms with van der Waals surface area (Å²) in [5.41, 5.74) is 15.3. The zero-order chi connectivity index (χ0) is 24.3. The molecule has 2 aliphatic rings. The molecule has 1 aromatic heterocycles. The van der Waals surface area contributed by atoms with E-state index in [1.54, 1.807) is 0 Å². The minimum atomic E-state index is -3.33. The van der Waals surface area contributed by atoms with Gasteiger partial charge in [0.2, 0.25) is 10.0 Å². The smallest absolute Gasteiger partial charge is 0.273 e. The van der Waals surface area contributed by atoms with Crippen molar-refractivity contribution < 1.29 is 34.7 Å². The van der Waals surface area contributed by atoms with E-state index in [9.17, 15) is 13.2 Å². The van der Waals surface area contributed by atoms with E-state index in [0.29, 0.717) is 17.4 Å². The van der Waals surface area contributed by atoms with Crippen molar-refractivity contribution in [2.75, 3.05) is 44.9 Å². The molecule has 1 amide bonds. The predicted octanol–water partition coefficient (Wildman–Crippen LogP) is -1.63. The van der Waals surface area contributed by atoms with Gasteiger partial charge in [0.25, 0.3) is 5.91 Å². The van der Waals surface area contributed by atoms with E-state index in [0.717, 1.165) is 6.26 Å². The Labute approximate surface area is 210 Å². The molecular formula is C20H31BrClN7O3S. The van der Waals surface area contributed by atoms with Gasteiger partial charge in [0.15, 0.2) is 28.6 Å². The van der Waals surface area contributed by atoms with Crippen molar-refractivity contribution in [1.29, 1.82) is 0 Å². The highest BCUT2D eigenvalue weighted by Crippen LogP contribution is 2.37. The van der Waals surface area contributed by atoms with Crippen molar-refractivity contribution in [2.45, 2.75) is 26.4 Å². The van der Waals surface area contributed by atoms with E-state index in [-0.39, 0.29) is 52.2 Å². The number of sulfonamides is 1. The summed E-state index contributed by atoms with van der Waals surface area (Å²) in [6.45, 7) is 4.77. The molecule has 1 heterocycles. The molecule has 0 spiro atoms. The number of nitrogens with one attached hydrogen (secondary N) is 2. The van der Waals surface area contributed by atoms with Crippen LogP contribution in [0, 0.1) is 6.92 Å². The van der Waals surface area contributed by atoms with Crippen molar-refractivity contribution in [2.24, 2.45) is 0 Å². The van der Waals surface area contributed by atoms with Gasteiger partial charge in [-0.3, -0.25) is 4.79 Å². The quantitative estimate of drug-likeness (QED) is 0.189. The first-order valence-corrected chi connectivity index (χ1v) is 12.3. The van der Waals surface area contributed by atoms with E-state index in [1.165, 1.54) is 16.7 Å². The first-order valence-electron chi connectivity index (χ1n) is 10.0. The Hall–Kier alpha value is -1.99. The molecule has 1 aromatic rings. The molecule has 0 fully saturated rings. The lowest BCUT2D eigenvalue weighted by Crippen LogP contribution is -3.00. The highest BCUT2D eigenvalue weighted by molar-refractivity contribution is 7.88. The Kier molecular flexibility index (Phi) is 10.1. The molecule has 184 valence electrons. The lowest BCUT2D eigenvalue weighted by molar-refractivity contribution is -0.915. The lowest BCUT2D eigenvalue weighted by atomic mass is 10.3. The number of halogens is 2. The summed E-state index contributed by atoms with van der Waals surface area (Å²) < 4.78 is 25.9. The van der Waals surface area contributed by atoms with E-state index in [1.807, 2.05) is 21.0 Å². The van der Waals surface area contributed by atoms with Crippen LogP contribution in [0.5, 0.6) is 0 Å². The van der Waals surface area contributed by atoms with Gasteiger partial charge in [0.1, 0.15) is 0 Å². The number of rotatable bonds is 8. The van der Waals surface area contributed by atoms with Crippen molar-refractivity contribution in [3.05, 3.63) is 34.6 Å². The predicted molar refractivity (Wildman–Crippen MR) is 127 cm³/mol. The number of aryl methyl sites for hydroxylation is 1. The molecule has 0 radical (unpaired) electrons. The van der Waals surface area contributed by atoms with Gasteiger partial charge in [-0.25, -0.2) is 18.4 Å². The minimum Gasteiger partial charge on any atom is -1.00 e. The maximum atomic E-state index is 12.2. The number of fused-ring (bicyclic) bond motifs is 1. The van der Waals surface area contributed by atoms with Crippen LogP contribution in [-0.2, 0) is 10.0 Å². The Morgan fingerprint density at radius 2 is 1.85 bits per heavy atom. The van der Waals surface area contributed by atoms with E-state index in [2.05, 4.69) is 45.1 Å². The van der Waals surface area contributed by atoms with Gasteiger partial charge in [-0.05, 0) is 29.7 Å². The highest BCUT2D eigenvalue weighted by Gasteiger charge is 2.29. The second kappa shape index (κ2) is 11.4. The molecule has 10 nitrogen and oxygen atoms in total. The van der Waals surface area contributed by atoms with Gasteiger partial charge in [-0.2, -0.15) is 4.72 Å². The van der Waals surface area contributed by atoms with E-state index in [4.69, 9.17) is 23.1 Å². The number of hydrogen-bond acceptors (Lipinski definition) is 7. The number of hydrogen-bond donors (Lipinski definition) is 4. The largest absolute Gasteiger partial charge is 1.00 e. The SMILES string of the molecule is CCC(NS(C)(=O)=O)[N+](C)(C)CCNC(=O)c1nc(Cl)c(N)nc1N.Cc1ccc2cc1-2.[Br-]. The topological polar surface area (TPSA) is 153 Å². The third-order valence-electron chi connectivity index (χ3n) is 5.14. The number of nitrogen functional groups attached to an aromatic ring is 2. The molecule has 33 heavy (non-hydrogen) atoms. The number of carbonyl (C=O) groups is 1. The van der Waals surface area contributed by atoms with Crippen molar-refractivity contribution in [1.82, 2.24) is 20.0 Å². The van der Waals surface area contributed by atoms with Crippen LogP contribution >= 0.6 is 11.6 Å². The molecule has 1 atom stereocenters. The highest BCUT2D eigenvalue weighted by atomic mass is 79.9. The number of benzene rings is 1. The summed E-state index contributed by atoms with van der Waals surface area (Å²) in [6, 6.07) is 6.52. The zero-order valence-electron chi connectivity index (χ0n) is 19.3. The zero-order valence-corrected chi connectivity index (χ0v) is 22.5. The van der Waals surface area contributed by atoms with Crippen molar-refractivity contribution in [3.8, 4) is 11.1 Å². The van der Waals surface area contributed by atoms with Gasteiger partial charge in [-0.15, -0.1) is 0 Å². The Bertz CT molecular complexity index is 1110. The number of likely N-dealkylation sites (N-methyl/N-ethyl adjacent to an activating group) is 1. The normalized spacial score (nSPS) is 12.7. The summed E-state index contributed by atoms with van der Waals surface area (Å²) in [4.78, 5) is 19.8. The molecule has 13 heteroatoms. The van der Waals surface area contributed by atoms with Crippen LogP contribution < -0.4 is 38.5 Å². The van der Waals surface area contributed by atoms with Gasteiger partial charge >= 0.3 is 0 Å². The number of aromatic nitrogens is 2. The fourth-order valence-corrected chi connectivity index (χ4v) is 4.25. The average Bonchev–Trinajstić information content (AvgIpc) is 3.38. The summed E-state index contributed by atoms with van der Waals surface area (Å²) in [7, 11) is 0.404. The van der Waals surface area contributed by atoms with Crippen LogP contribution in [0.3, 0.4) is 0 Å². The maximum absolute atomic E-state index is 12.2. The standard InChI is InChI=1S/C13H24ClN7O3S.C7H6.BrH/c1-5-8(20-25(4,23)24)21(2,3)7-6-17-13(22)9-11(15)19-12(16)10(14)18-9;1-5-2-3-6-4-7(5)6;/h8,20H,5-7H2,1-4H3,(H4-,15,16,17,19,22);2-4H,1H3;1H. The molecule has 0 aliphatic heterocycles. The number of anilines is 2. The second-order valence-corrected chi connectivity index (χ2v) is 10.4. The second-order valence-electron chi connectivity index (χ2n) is 8.24. The van der Waals surface area contributed by atoms with Gasteiger partial charge in [0, 0.05) is 6.42 Å². The monoisotopic (exact) mass is 563 g/mol. The molecule has 2 aliphatic carbocycles. The van der Waals surface area contributed by atoms with Gasteiger partial charge in [0.05, 0.1) is 33.4 Å². The number of nitrogens with two attached hydrogens (primary N) is 2. The van der Waals surface area contributed by atoms with Gasteiger partial charge < -0.3 is 38.2 Å². The molecule has 0 saturated heterocycles. The van der Waals surface area contributed by atoms with E-state index < -0.39 is 15.9 Å². The molecule has 0 bridgehead atoms. The molecule has 6 N–H and O–H groups in total. The lowest BCUT2D eigenvalue weighted by Gasteiger charge is -2.37. The number of nitrogens with zero attached hydrogens (tertiary/aromatic N) is 3. The molecule has 1 unspecified atom stereocenters. The van der Waals surface area contributed by atoms with Crippen LogP contribution in [0.4, 0.5) is 11.6 Å². The Balaban J connectivity index is 0.000000566. The van der Waals surface area contributed by atoms with Crippen LogP contribution in [-0.4, -0.2) is 68.4 Å². The maximum Gasteiger partial charge on any atom is 0.273 e. The van der Waals surface area contributed by atoms with Crippen molar-refractivity contribution >= 4 is 39.2 Å². The first kappa shape index (κ1) is 29.0. The van der Waals surface area contributed by atoms with Crippen LogP contribution in [0.2, 0.25) is 5.15 Å². The van der Waals surface area contributed by atoms with E-state index >= 15 is 0 Å². The molecular weight excluding hydrogens is 534 g/mol. The average molecular weight is 565 g/mol. The number of quaternary nitrogens is 1. The third kappa shape index (κ3) is 8.38. The molecule has 0 aromatic carbocycles. The molecule has 3 rings (SSSR count). The van der Waals surface area contributed by atoms with Gasteiger partial charge in [-0.1, -0.05) is 30.7 Å². The summed E-state index contributed by atoms with van der Waals surface area (Å²) in [6.07, 6.45) is 1.40. The Morgan fingerprint density at radius 3 is 2.27 bits per heavy atom. The molecule has 0 saturated carbocycles. The number of amides is 1. The summed E-state index contributed by atoms with van der Waals surface area (Å²) in [5.74, 6) is -0.694. The van der Waals surface area contributed by atoms with Crippen LogP contribution in [0.1, 0.15) is 29.4 Å². The summed E-state index contributed by atoms with van der Waals surface area (Å²) in [5, 5.41) is 2.57. The minimum absolute atomic E-state index is 0. The fraction of sp³-hybridized carbons (Fsp3) is 0.450. The van der Waals surface area contributed by atoms with Crippen molar-refractivity contribution in [3.63, 3.8) is 0 Å². The van der Waals surface area contributed by atoms with Crippen LogP contribution in [0.25, 0.3) is 11.1 Å². The first-order chi connectivity index (χ1) is 14.7. The summed E-state index contributed by atoms with van der Waals surface area (Å²) >= 11 is 5.76. The third-order valence-corrected chi connectivity index (χ3v) is 6.12. The van der Waals surface area contributed by atoms with Crippen LogP contribution in [0.15, 0.2) is 18.2 Å².